The molecule has 0 aromatic rings. The van der Waals surface area contributed by atoms with Gasteiger partial charge in [0.05, 0.1) is 6.10 Å². The van der Waals surface area contributed by atoms with Crippen LogP contribution in [0.4, 0.5) is 0 Å². The molecule has 0 aromatic heterocycles. The zero-order valence-corrected chi connectivity index (χ0v) is 5.75. The molecule has 2 atom stereocenters. The van der Waals surface area contributed by atoms with Gasteiger partial charge >= 0.3 is 0 Å². The van der Waals surface area contributed by atoms with E-state index in [0.29, 0.717) is 6.42 Å². The predicted molar refractivity (Wildman–Crippen MR) is 37.1 cm³/mol. The monoisotopic (exact) mass is 130 g/mol. The van der Waals surface area contributed by atoms with Crippen molar-refractivity contribution in [3.05, 3.63) is 12.7 Å². The maximum absolute atomic E-state index is 8.94. The normalized spacial score (nSPS) is 16.8. The number of aliphatic hydroxyl groups is 2. The number of allylic oxidation sites excluding steroid dienone is 1. The van der Waals surface area contributed by atoms with Crippen LogP contribution in [0, 0.1) is 5.92 Å². The Morgan fingerprint density at radius 2 is 2.22 bits per heavy atom. The van der Waals surface area contributed by atoms with Crippen molar-refractivity contribution in [2.24, 2.45) is 5.92 Å². The fourth-order valence-corrected chi connectivity index (χ4v) is 0.638. The first-order chi connectivity index (χ1) is 4.22. The number of rotatable bonds is 4. The zero-order chi connectivity index (χ0) is 7.28. The summed E-state index contributed by atoms with van der Waals surface area (Å²) < 4.78 is 0. The van der Waals surface area contributed by atoms with E-state index < -0.39 is 6.10 Å². The molecule has 0 fully saturated rings. The SMILES string of the molecule is C=CCC(CO)C(C)O. The first-order valence-electron chi connectivity index (χ1n) is 3.12. The second-order valence-corrected chi connectivity index (χ2v) is 2.21. The van der Waals surface area contributed by atoms with Crippen molar-refractivity contribution in [1.82, 2.24) is 0 Å². The van der Waals surface area contributed by atoms with Crippen molar-refractivity contribution in [3.8, 4) is 0 Å². The molecule has 0 radical (unpaired) electrons. The number of hydrogen-bond donors (Lipinski definition) is 2. The minimum absolute atomic E-state index is 0.0314. The van der Waals surface area contributed by atoms with Crippen LogP contribution < -0.4 is 0 Å². The summed E-state index contributed by atoms with van der Waals surface area (Å²) in [6.45, 7) is 5.21. The molecule has 0 amide bonds. The van der Waals surface area contributed by atoms with Crippen molar-refractivity contribution in [3.63, 3.8) is 0 Å². The van der Waals surface area contributed by atoms with Gasteiger partial charge in [-0.1, -0.05) is 6.08 Å². The zero-order valence-electron chi connectivity index (χ0n) is 5.75. The molecule has 0 spiro atoms. The average Bonchev–Trinajstić information content (AvgIpc) is 1.82. The summed E-state index contributed by atoms with van der Waals surface area (Å²) in [5.41, 5.74) is 0. The van der Waals surface area contributed by atoms with Crippen LogP contribution in [0.25, 0.3) is 0 Å². The van der Waals surface area contributed by atoms with Gasteiger partial charge in [-0.15, -0.1) is 6.58 Å². The standard InChI is InChI=1S/C7H14O2/c1-3-4-7(5-8)6(2)9/h3,6-9H,1,4-5H2,2H3. The van der Waals surface area contributed by atoms with Crippen molar-refractivity contribution >= 4 is 0 Å². The van der Waals surface area contributed by atoms with Crippen LogP contribution in [0.1, 0.15) is 13.3 Å². The highest BCUT2D eigenvalue weighted by atomic mass is 16.3. The third kappa shape index (κ3) is 3.27. The summed E-state index contributed by atoms with van der Waals surface area (Å²) in [6.07, 6.45) is 1.94. The Labute approximate surface area is 55.8 Å². The van der Waals surface area contributed by atoms with Crippen LogP contribution >= 0.6 is 0 Å². The highest BCUT2D eigenvalue weighted by Crippen LogP contribution is 2.07. The summed E-state index contributed by atoms with van der Waals surface area (Å²) >= 11 is 0. The van der Waals surface area contributed by atoms with Crippen LogP contribution in [0.15, 0.2) is 12.7 Å². The van der Waals surface area contributed by atoms with Crippen molar-refractivity contribution < 1.29 is 10.2 Å². The van der Waals surface area contributed by atoms with Crippen molar-refractivity contribution in [2.45, 2.75) is 19.4 Å². The van der Waals surface area contributed by atoms with E-state index in [1.165, 1.54) is 0 Å². The minimum atomic E-state index is -0.437. The summed E-state index contributed by atoms with van der Waals surface area (Å²) in [7, 11) is 0. The van der Waals surface area contributed by atoms with E-state index in [-0.39, 0.29) is 12.5 Å². The van der Waals surface area contributed by atoms with E-state index in [4.69, 9.17) is 10.2 Å². The summed E-state index contributed by atoms with van der Waals surface area (Å²) in [4.78, 5) is 0. The van der Waals surface area contributed by atoms with Crippen molar-refractivity contribution in [2.75, 3.05) is 6.61 Å². The molecule has 54 valence electrons. The third-order valence-corrected chi connectivity index (χ3v) is 1.39. The highest BCUT2D eigenvalue weighted by Gasteiger charge is 2.10. The first kappa shape index (κ1) is 8.66. The van der Waals surface area contributed by atoms with Gasteiger partial charge in [0.15, 0.2) is 0 Å². The van der Waals surface area contributed by atoms with Crippen LogP contribution in [0.5, 0.6) is 0 Å². The third-order valence-electron chi connectivity index (χ3n) is 1.39. The Hall–Kier alpha value is -0.340. The molecule has 0 aromatic carbocycles. The molecule has 0 saturated carbocycles. The van der Waals surface area contributed by atoms with E-state index >= 15 is 0 Å². The molecule has 0 rings (SSSR count). The second kappa shape index (κ2) is 4.53. The van der Waals surface area contributed by atoms with Gasteiger partial charge in [-0.2, -0.15) is 0 Å². The molecule has 0 aliphatic carbocycles. The van der Waals surface area contributed by atoms with E-state index in [2.05, 4.69) is 6.58 Å². The second-order valence-electron chi connectivity index (χ2n) is 2.21. The molecule has 2 N–H and O–H groups in total. The molecular formula is C7H14O2. The van der Waals surface area contributed by atoms with Crippen LogP contribution in [0.3, 0.4) is 0 Å². The van der Waals surface area contributed by atoms with Crippen LogP contribution in [0.2, 0.25) is 0 Å². The van der Waals surface area contributed by atoms with E-state index in [1.807, 2.05) is 0 Å². The molecule has 0 aliphatic rings. The molecule has 9 heavy (non-hydrogen) atoms. The Balaban J connectivity index is 3.53. The molecule has 0 heterocycles. The van der Waals surface area contributed by atoms with Crippen LogP contribution in [-0.2, 0) is 0 Å². The minimum Gasteiger partial charge on any atom is -0.396 e. The fourth-order valence-electron chi connectivity index (χ4n) is 0.638. The predicted octanol–water partition coefficient (Wildman–Crippen LogP) is 0.552. The smallest absolute Gasteiger partial charge is 0.0565 e. The summed E-state index contributed by atoms with van der Waals surface area (Å²) in [6, 6.07) is 0. The van der Waals surface area contributed by atoms with Gasteiger partial charge in [0.1, 0.15) is 0 Å². The first-order valence-corrected chi connectivity index (χ1v) is 3.12. The molecule has 2 heteroatoms. The molecule has 0 bridgehead atoms. The van der Waals surface area contributed by atoms with Gasteiger partial charge < -0.3 is 10.2 Å². The van der Waals surface area contributed by atoms with Gasteiger partial charge in [-0.3, -0.25) is 0 Å². The Morgan fingerprint density at radius 3 is 2.33 bits per heavy atom. The van der Waals surface area contributed by atoms with Gasteiger partial charge in [0.25, 0.3) is 0 Å². The van der Waals surface area contributed by atoms with Crippen molar-refractivity contribution in [1.29, 1.82) is 0 Å². The molecule has 0 aliphatic heterocycles. The maximum atomic E-state index is 8.94. The average molecular weight is 130 g/mol. The maximum Gasteiger partial charge on any atom is 0.0565 e. The Bertz CT molecular complexity index is 79.0. The van der Waals surface area contributed by atoms with E-state index in [0.717, 1.165) is 0 Å². The largest absolute Gasteiger partial charge is 0.396 e. The molecule has 2 unspecified atom stereocenters. The lowest BCUT2D eigenvalue weighted by Crippen LogP contribution is -2.19. The van der Waals surface area contributed by atoms with E-state index in [9.17, 15) is 0 Å². The fraction of sp³-hybridized carbons (Fsp3) is 0.714. The van der Waals surface area contributed by atoms with Gasteiger partial charge in [-0.25, -0.2) is 0 Å². The lowest BCUT2D eigenvalue weighted by Gasteiger charge is -2.13. The topological polar surface area (TPSA) is 40.5 Å². The lowest BCUT2D eigenvalue weighted by atomic mass is 10.0. The van der Waals surface area contributed by atoms with Gasteiger partial charge in [-0.05, 0) is 13.3 Å². The van der Waals surface area contributed by atoms with E-state index in [1.54, 1.807) is 13.0 Å². The Morgan fingerprint density at radius 1 is 1.67 bits per heavy atom. The molecule has 0 saturated heterocycles. The molecule has 2 nitrogen and oxygen atoms in total. The summed E-state index contributed by atoms with van der Waals surface area (Å²) in [5.74, 6) is -0.0394. The lowest BCUT2D eigenvalue weighted by molar-refractivity contribution is 0.0826. The molecular weight excluding hydrogens is 116 g/mol. The number of aliphatic hydroxyl groups excluding tert-OH is 2. The highest BCUT2D eigenvalue weighted by molar-refractivity contribution is 4.75. The number of hydrogen-bond acceptors (Lipinski definition) is 2. The Kier molecular flexibility index (Phi) is 4.36. The summed E-state index contributed by atoms with van der Waals surface area (Å²) in [5, 5.41) is 17.6. The van der Waals surface area contributed by atoms with Gasteiger partial charge in [0.2, 0.25) is 0 Å². The quantitative estimate of drug-likeness (QED) is 0.546. The van der Waals surface area contributed by atoms with Gasteiger partial charge in [0, 0.05) is 12.5 Å². The van der Waals surface area contributed by atoms with Crippen LogP contribution in [-0.4, -0.2) is 22.9 Å².